The summed E-state index contributed by atoms with van der Waals surface area (Å²) in [6.45, 7) is 5.52. The summed E-state index contributed by atoms with van der Waals surface area (Å²) in [7, 11) is 1.76. The van der Waals surface area contributed by atoms with Gasteiger partial charge in [-0.3, -0.25) is 0 Å². The van der Waals surface area contributed by atoms with Crippen LogP contribution in [0.1, 0.15) is 36.8 Å². The van der Waals surface area contributed by atoms with Crippen molar-refractivity contribution in [2.45, 2.75) is 38.6 Å². The monoisotopic (exact) mass is 219 g/mol. The van der Waals surface area contributed by atoms with E-state index >= 15 is 0 Å². The topological polar surface area (TPSA) is 21.3 Å². The van der Waals surface area contributed by atoms with Gasteiger partial charge in [0.1, 0.15) is 5.75 Å². The summed E-state index contributed by atoms with van der Waals surface area (Å²) in [6, 6.07) is 7.11. The fourth-order valence-electron chi connectivity index (χ4n) is 2.59. The summed E-state index contributed by atoms with van der Waals surface area (Å²) < 4.78 is 5.47. The van der Waals surface area contributed by atoms with Gasteiger partial charge in [-0.2, -0.15) is 0 Å². The van der Waals surface area contributed by atoms with E-state index in [4.69, 9.17) is 4.74 Å². The maximum absolute atomic E-state index is 5.47. The first-order valence-electron chi connectivity index (χ1n) is 6.08. The van der Waals surface area contributed by atoms with Crippen molar-refractivity contribution in [1.29, 1.82) is 0 Å². The molecule has 1 saturated heterocycles. The van der Waals surface area contributed by atoms with Crippen molar-refractivity contribution in [1.82, 2.24) is 5.32 Å². The van der Waals surface area contributed by atoms with E-state index < -0.39 is 0 Å². The Morgan fingerprint density at radius 1 is 1.38 bits per heavy atom. The van der Waals surface area contributed by atoms with Gasteiger partial charge in [-0.05, 0) is 50.8 Å². The van der Waals surface area contributed by atoms with Crippen molar-refractivity contribution in [2.75, 3.05) is 13.7 Å². The van der Waals surface area contributed by atoms with Crippen LogP contribution in [-0.2, 0) is 0 Å². The van der Waals surface area contributed by atoms with Crippen LogP contribution in [-0.4, -0.2) is 19.7 Å². The number of aryl methyl sites for hydroxylation is 1. The predicted molar refractivity (Wildman–Crippen MR) is 67.2 cm³/mol. The van der Waals surface area contributed by atoms with Gasteiger partial charge in [0.2, 0.25) is 0 Å². The quantitative estimate of drug-likeness (QED) is 0.826. The van der Waals surface area contributed by atoms with Gasteiger partial charge in [0.05, 0.1) is 7.11 Å². The van der Waals surface area contributed by atoms with Crippen LogP contribution in [0.2, 0.25) is 0 Å². The molecule has 2 unspecified atom stereocenters. The van der Waals surface area contributed by atoms with Crippen LogP contribution in [0, 0.1) is 6.92 Å². The molecule has 88 valence electrons. The molecule has 1 heterocycles. The molecule has 0 spiro atoms. The normalized spacial score (nSPS) is 25.4. The number of nitrogens with one attached hydrogen (secondary N) is 1. The summed E-state index contributed by atoms with van der Waals surface area (Å²) >= 11 is 0. The average molecular weight is 219 g/mol. The van der Waals surface area contributed by atoms with Crippen molar-refractivity contribution < 1.29 is 4.74 Å². The number of piperidine rings is 1. The lowest BCUT2D eigenvalue weighted by Crippen LogP contribution is -2.35. The van der Waals surface area contributed by atoms with Crippen LogP contribution in [0.3, 0.4) is 0 Å². The minimum atomic E-state index is 0.615. The lowest BCUT2D eigenvalue weighted by Gasteiger charge is -2.29. The van der Waals surface area contributed by atoms with Gasteiger partial charge in [-0.1, -0.05) is 17.7 Å². The van der Waals surface area contributed by atoms with Gasteiger partial charge in [0.15, 0.2) is 0 Å². The highest BCUT2D eigenvalue weighted by Gasteiger charge is 2.22. The highest BCUT2D eigenvalue weighted by atomic mass is 16.5. The average Bonchev–Trinajstić information content (AvgIpc) is 2.29. The first-order valence-corrected chi connectivity index (χ1v) is 6.08. The van der Waals surface area contributed by atoms with Crippen molar-refractivity contribution in [3.63, 3.8) is 0 Å². The fraction of sp³-hybridized carbons (Fsp3) is 0.571. The van der Waals surface area contributed by atoms with Crippen molar-refractivity contribution in [2.24, 2.45) is 0 Å². The van der Waals surface area contributed by atoms with Crippen molar-refractivity contribution in [3.8, 4) is 5.75 Å². The number of hydrogen-bond donors (Lipinski definition) is 1. The van der Waals surface area contributed by atoms with Crippen LogP contribution in [0.25, 0.3) is 0 Å². The molecule has 1 aliphatic heterocycles. The van der Waals surface area contributed by atoms with Gasteiger partial charge >= 0.3 is 0 Å². The smallest absolute Gasteiger partial charge is 0.122 e. The van der Waals surface area contributed by atoms with Crippen LogP contribution >= 0.6 is 0 Å². The molecule has 1 N–H and O–H groups in total. The van der Waals surface area contributed by atoms with Gasteiger partial charge in [0, 0.05) is 6.04 Å². The number of hydrogen-bond acceptors (Lipinski definition) is 2. The van der Waals surface area contributed by atoms with Crippen LogP contribution in [0.15, 0.2) is 18.2 Å². The maximum Gasteiger partial charge on any atom is 0.122 e. The standard InChI is InChI=1S/C14H21NO/c1-10-4-5-14(16-3)13(8-10)12-6-7-15-11(2)9-12/h4-5,8,11-12,15H,6-7,9H2,1-3H3. The third-order valence-corrected chi connectivity index (χ3v) is 3.45. The highest BCUT2D eigenvalue weighted by molar-refractivity contribution is 5.39. The molecule has 16 heavy (non-hydrogen) atoms. The molecule has 2 rings (SSSR count). The second kappa shape index (κ2) is 4.88. The Hall–Kier alpha value is -1.02. The number of rotatable bonds is 2. The highest BCUT2D eigenvalue weighted by Crippen LogP contribution is 2.34. The molecule has 1 aliphatic rings. The summed E-state index contributed by atoms with van der Waals surface area (Å²) in [5.74, 6) is 1.69. The summed E-state index contributed by atoms with van der Waals surface area (Å²) in [5, 5.41) is 3.49. The third kappa shape index (κ3) is 2.38. The first-order chi connectivity index (χ1) is 7.70. The number of ether oxygens (including phenoxy) is 1. The van der Waals surface area contributed by atoms with E-state index in [-0.39, 0.29) is 0 Å². The van der Waals surface area contributed by atoms with E-state index in [0.29, 0.717) is 12.0 Å². The molecule has 2 nitrogen and oxygen atoms in total. The Kier molecular flexibility index (Phi) is 3.49. The molecule has 1 fully saturated rings. The molecule has 0 amide bonds. The van der Waals surface area contributed by atoms with Crippen LogP contribution < -0.4 is 10.1 Å². The summed E-state index contributed by atoms with van der Waals surface area (Å²) in [6.07, 6.45) is 2.42. The fourth-order valence-corrected chi connectivity index (χ4v) is 2.59. The summed E-state index contributed by atoms with van der Waals surface area (Å²) in [5.41, 5.74) is 2.71. The Morgan fingerprint density at radius 3 is 2.88 bits per heavy atom. The lowest BCUT2D eigenvalue weighted by atomic mass is 9.86. The van der Waals surface area contributed by atoms with Gasteiger partial charge in [-0.15, -0.1) is 0 Å². The first kappa shape index (κ1) is 11.5. The Labute approximate surface area is 98.0 Å². The lowest BCUT2D eigenvalue weighted by molar-refractivity contribution is 0.360. The molecule has 0 aromatic heterocycles. The second-order valence-corrected chi connectivity index (χ2v) is 4.82. The molecule has 0 bridgehead atoms. The van der Waals surface area contributed by atoms with E-state index in [1.807, 2.05) is 0 Å². The predicted octanol–water partition coefficient (Wildman–Crippen LogP) is 2.86. The van der Waals surface area contributed by atoms with Crippen LogP contribution in [0.4, 0.5) is 0 Å². The summed E-state index contributed by atoms with van der Waals surface area (Å²) in [4.78, 5) is 0. The minimum Gasteiger partial charge on any atom is -0.496 e. The number of benzene rings is 1. The molecule has 0 saturated carbocycles. The van der Waals surface area contributed by atoms with Crippen molar-refractivity contribution in [3.05, 3.63) is 29.3 Å². The van der Waals surface area contributed by atoms with E-state index in [0.717, 1.165) is 12.3 Å². The molecular formula is C14H21NO. The second-order valence-electron chi connectivity index (χ2n) is 4.82. The van der Waals surface area contributed by atoms with E-state index in [2.05, 4.69) is 37.4 Å². The molecular weight excluding hydrogens is 198 g/mol. The number of methoxy groups -OCH3 is 1. The molecule has 2 heteroatoms. The SMILES string of the molecule is COc1ccc(C)cc1C1CCNC(C)C1. The van der Waals surface area contributed by atoms with E-state index in [1.165, 1.54) is 24.0 Å². The zero-order chi connectivity index (χ0) is 11.5. The third-order valence-electron chi connectivity index (χ3n) is 3.45. The molecule has 1 aromatic carbocycles. The molecule has 0 radical (unpaired) electrons. The Bertz CT molecular complexity index is 362. The zero-order valence-corrected chi connectivity index (χ0v) is 10.4. The molecule has 1 aromatic rings. The Balaban J connectivity index is 2.26. The van der Waals surface area contributed by atoms with Gasteiger partial charge in [-0.25, -0.2) is 0 Å². The Morgan fingerprint density at radius 2 is 2.19 bits per heavy atom. The molecule has 0 aliphatic carbocycles. The van der Waals surface area contributed by atoms with E-state index in [1.54, 1.807) is 7.11 Å². The van der Waals surface area contributed by atoms with Gasteiger partial charge in [0.25, 0.3) is 0 Å². The largest absolute Gasteiger partial charge is 0.496 e. The van der Waals surface area contributed by atoms with E-state index in [9.17, 15) is 0 Å². The zero-order valence-electron chi connectivity index (χ0n) is 10.4. The van der Waals surface area contributed by atoms with Gasteiger partial charge < -0.3 is 10.1 Å². The van der Waals surface area contributed by atoms with Crippen molar-refractivity contribution >= 4 is 0 Å². The molecule has 2 atom stereocenters. The minimum absolute atomic E-state index is 0.615. The van der Waals surface area contributed by atoms with Crippen LogP contribution in [0.5, 0.6) is 5.75 Å². The maximum atomic E-state index is 5.47.